The second kappa shape index (κ2) is 18.5. The van der Waals surface area contributed by atoms with Crippen LogP contribution in [0.15, 0.2) is 14.4 Å². The lowest BCUT2D eigenvalue weighted by atomic mass is 9.62. The van der Waals surface area contributed by atoms with Crippen LogP contribution in [0.2, 0.25) is 0 Å². The Balaban J connectivity index is 1.34. The highest BCUT2D eigenvalue weighted by molar-refractivity contribution is 5.68. The molecule has 3 saturated carbocycles. The van der Waals surface area contributed by atoms with Gasteiger partial charge in [-0.2, -0.15) is 0 Å². The lowest BCUT2D eigenvalue weighted by Gasteiger charge is -2.48. The number of amides is 3. The number of hydrogen-bond acceptors (Lipinski definition) is 12. The summed E-state index contributed by atoms with van der Waals surface area (Å²) in [6.07, 6.45) is 3.57. The van der Waals surface area contributed by atoms with Crippen LogP contribution in [-0.2, 0) is 48.1 Å². The van der Waals surface area contributed by atoms with Gasteiger partial charge >= 0.3 is 35.3 Å². The summed E-state index contributed by atoms with van der Waals surface area (Å²) in [5.41, 5.74) is -4.83. The molecule has 8 atom stereocenters. The Morgan fingerprint density at radius 1 is 0.524 bits per heavy atom. The van der Waals surface area contributed by atoms with Crippen LogP contribution in [0.3, 0.4) is 0 Å². The molecule has 3 heterocycles. The molecule has 0 aromatic carbocycles. The molecule has 5 aliphatic rings. The van der Waals surface area contributed by atoms with Crippen molar-refractivity contribution in [2.45, 2.75) is 170 Å². The number of alkyl carbamates (subject to hydrolysis) is 3. The van der Waals surface area contributed by atoms with Gasteiger partial charge < -0.3 is 44.4 Å². The number of nitrogens with zero attached hydrogens (tertiary/aromatic N) is 3. The van der Waals surface area contributed by atoms with Crippen molar-refractivity contribution < 1.29 is 42.8 Å². The van der Waals surface area contributed by atoms with Gasteiger partial charge in [0, 0.05) is 44.9 Å². The molecule has 3 N–H and O–H groups in total. The zero-order valence-electron chi connectivity index (χ0n) is 39.4. The van der Waals surface area contributed by atoms with E-state index in [2.05, 4.69) is 57.5 Å². The van der Waals surface area contributed by atoms with Crippen LogP contribution in [0.25, 0.3) is 0 Å². The number of nitrogens with one attached hydrogen (secondary N) is 3. The maximum Gasteiger partial charge on any atom is 0.407 e. The average Bonchev–Trinajstić information content (AvgIpc) is 4.06. The smallest absolute Gasteiger partial charge is 0.407 e. The third kappa shape index (κ3) is 13.6. The van der Waals surface area contributed by atoms with Crippen molar-refractivity contribution in [2.24, 2.45) is 32.5 Å². The minimum atomic E-state index is -0.691. The predicted octanol–water partition coefficient (Wildman–Crippen LogP) is 4.55. The zero-order valence-corrected chi connectivity index (χ0v) is 39.4. The van der Waals surface area contributed by atoms with Gasteiger partial charge in [-0.3, -0.25) is 0 Å². The van der Waals surface area contributed by atoms with E-state index < -0.39 is 51.6 Å². The molecule has 63 heavy (non-hydrogen) atoms. The van der Waals surface area contributed by atoms with Crippen molar-refractivity contribution in [3.63, 3.8) is 0 Å². The monoisotopic (exact) mass is 891 g/mol. The summed E-state index contributed by atoms with van der Waals surface area (Å²) in [6.45, 7) is 20.6. The highest BCUT2D eigenvalue weighted by Gasteiger charge is 2.47. The number of carbonyl (C=O) groups excluding carboxylic acids is 3. The first-order chi connectivity index (χ1) is 29.3. The van der Waals surface area contributed by atoms with Crippen LogP contribution < -0.4 is 33.0 Å². The Hall–Kier alpha value is -3.90. The van der Waals surface area contributed by atoms with E-state index in [9.17, 15) is 28.8 Å². The van der Waals surface area contributed by atoms with Crippen LogP contribution in [0, 0.1) is 32.5 Å². The summed E-state index contributed by atoms with van der Waals surface area (Å²) >= 11 is 0. The molecule has 0 bridgehead atoms. The molecule has 7 unspecified atom stereocenters. The van der Waals surface area contributed by atoms with E-state index in [0.29, 0.717) is 71.0 Å². The van der Waals surface area contributed by atoms with Crippen molar-refractivity contribution in [3.05, 3.63) is 31.5 Å². The Morgan fingerprint density at radius 2 is 0.825 bits per heavy atom. The van der Waals surface area contributed by atoms with E-state index in [0.717, 1.165) is 0 Å². The molecule has 6 rings (SSSR count). The fourth-order valence-corrected chi connectivity index (χ4v) is 12.3. The van der Waals surface area contributed by atoms with Gasteiger partial charge in [0.15, 0.2) is 0 Å². The first kappa shape index (κ1) is 48.6. The maximum atomic E-state index is 14.9. The summed E-state index contributed by atoms with van der Waals surface area (Å²) in [6, 6.07) is -0.883. The lowest BCUT2D eigenvalue weighted by molar-refractivity contribution is 0.0387. The standard InChI is InChI=1S/C45H74N6O12/c1-40(2)13-29(46-34(52)59-12-11-58-10)16-43(7,23-40)26-49-37(55)50(27-44(8)17-30(14-41(3,4)24-44)47-35(53)62-21-32-19-60-32)39(57)51(38(49)56)28-45(9)18-31(15-42(5,6)25-45)48-36(54)63-22-33-20-61-33/h29-33H,11-28H2,1-10H3,(H,46,52)(H,47,53)(H,48,54)/t29?,30?,31?,32-,33?,43?,44?,45?/m1/s1. The van der Waals surface area contributed by atoms with Gasteiger partial charge in [-0.1, -0.05) is 62.3 Å². The topological polar surface area (TPSA) is 215 Å². The van der Waals surface area contributed by atoms with Crippen molar-refractivity contribution in [2.75, 3.05) is 46.8 Å². The van der Waals surface area contributed by atoms with Crippen LogP contribution in [0.5, 0.6) is 0 Å². The van der Waals surface area contributed by atoms with Crippen molar-refractivity contribution in [3.8, 4) is 0 Å². The second-order valence-corrected chi connectivity index (χ2v) is 23.0. The van der Waals surface area contributed by atoms with Gasteiger partial charge in [0.05, 0.1) is 19.8 Å². The maximum absolute atomic E-state index is 14.9. The van der Waals surface area contributed by atoms with E-state index in [4.69, 9.17) is 28.4 Å². The summed E-state index contributed by atoms with van der Waals surface area (Å²) in [4.78, 5) is 83.4. The molecule has 0 radical (unpaired) electrons. The quantitative estimate of drug-likeness (QED) is 0.118. The zero-order chi connectivity index (χ0) is 46.2. The highest BCUT2D eigenvalue weighted by atomic mass is 16.6. The van der Waals surface area contributed by atoms with E-state index in [-0.39, 0.29) is 92.6 Å². The number of epoxide rings is 2. The first-order valence-electron chi connectivity index (χ1n) is 22.7. The third-order valence-electron chi connectivity index (χ3n) is 13.4. The van der Waals surface area contributed by atoms with Gasteiger partial charge in [0.25, 0.3) is 0 Å². The largest absolute Gasteiger partial charge is 0.447 e. The minimum Gasteiger partial charge on any atom is -0.447 e. The fraction of sp³-hybridized carbons (Fsp3) is 0.867. The van der Waals surface area contributed by atoms with E-state index in [1.165, 1.54) is 20.8 Å². The van der Waals surface area contributed by atoms with Crippen molar-refractivity contribution >= 4 is 18.3 Å². The van der Waals surface area contributed by atoms with Crippen LogP contribution in [-0.4, -0.2) is 109 Å². The number of hydrogen-bond donors (Lipinski definition) is 3. The molecule has 1 aromatic heterocycles. The second-order valence-electron chi connectivity index (χ2n) is 23.0. The summed E-state index contributed by atoms with van der Waals surface area (Å²) in [5.74, 6) is 0. The summed E-state index contributed by atoms with van der Waals surface area (Å²) in [5, 5.41) is 9.06. The predicted molar refractivity (Wildman–Crippen MR) is 233 cm³/mol. The van der Waals surface area contributed by atoms with Crippen molar-refractivity contribution in [1.29, 1.82) is 0 Å². The Bertz CT molecular complexity index is 1910. The molecular formula is C45H74N6O12. The van der Waals surface area contributed by atoms with E-state index in [1.54, 1.807) is 0 Å². The molecule has 0 spiro atoms. The van der Waals surface area contributed by atoms with E-state index in [1.807, 2.05) is 20.8 Å². The number of methoxy groups -OCH3 is 1. The van der Waals surface area contributed by atoms with E-state index >= 15 is 0 Å². The van der Waals surface area contributed by atoms with Gasteiger partial charge in [0.1, 0.15) is 32.0 Å². The van der Waals surface area contributed by atoms with Gasteiger partial charge in [-0.15, -0.1) is 0 Å². The summed E-state index contributed by atoms with van der Waals surface area (Å²) in [7, 11) is 1.53. The van der Waals surface area contributed by atoms with Crippen LogP contribution in [0.4, 0.5) is 14.4 Å². The molecule has 356 valence electrons. The Morgan fingerprint density at radius 3 is 1.11 bits per heavy atom. The third-order valence-corrected chi connectivity index (χ3v) is 13.4. The van der Waals surface area contributed by atoms with Crippen molar-refractivity contribution in [1.82, 2.24) is 29.7 Å². The highest BCUT2D eigenvalue weighted by Crippen LogP contribution is 2.49. The lowest BCUT2D eigenvalue weighted by Crippen LogP contribution is -2.60. The molecule has 18 heteroatoms. The molecule has 2 aliphatic heterocycles. The fourth-order valence-electron chi connectivity index (χ4n) is 12.3. The molecular weight excluding hydrogens is 817 g/mol. The summed E-state index contributed by atoms with van der Waals surface area (Å²) < 4.78 is 35.2. The number of ether oxygens (including phenoxy) is 6. The first-order valence-corrected chi connectivity index (χ1v) is 22.7. The molecule has 18 nitrogen and oxygen atoms in total. The average molecular weight is 891 g/mol. The minimum absolute atomic E-state index is 0.0111. The molecule has 3 amide bonds. The molecule has 3 aliphatic carbocycles. The van der Waals surface area contributed by atoms with Gasteiger partial charge in [0.2, 0.25) is 0 Å². The number of aromatic nitrogens is 3. The Kier molecular flexibility index (Phi) is 14.3. The molecule has 5 fully saturated rings. The number of carbonyl (C=O) groups is 3. The van der Waals surface area contributed by atoms with Crippen LogP contribution >= 0.6 is 0 Å². The number of rotatable bonds is 16. The molecule has 1 aromatic rings. The SMILES string of the molecule is COCCOC(=O)NC1CC(C)(C)CC(C)(Cn2c(=O)n(CC3(C)CC(NC(=O)OCC4CO4)CC(C)(C)C3)c(=O)n(CC3(C)CC(NC(=O)OC[C@H]4CO4)CC(C)(C)C3)c2=O)C1. The normalized spacial score (nSPS) is 32.8. The molecule has 2 saturated heterocycles. The van der Waals surface area contributed by atoms with Crippen LogP contribution in [0.1, 0.15) is 120 Å². The Labute approximate surface area is 370 Å². The van der Waals surface area contributed by atoms with Gasteiger partial charge in [-0.05, 0) is 90.3 Å². The van der Waals surface area contributed by atoms with Gasteiger partial charge in [-0.25, -0.2) is 42.5 Å².